The molecule has 4 rings (SSSR count). The van der Waals surface area contributed by atoms with E-state index in [-0.39, 0.29) is 17.3 Å². The summed E-state index contributed by atoms with van der Waals surface area (Å²) in [4.78, 5) is 25.2. The van der Waals surface area contributed by atoms with Crippen LogP contribution in [0.2, 0.25) is 0 Å². The number of aliphatic hydroxyl groups is 1. The van der Waals surface area contributed by atoms with E-state index >= 15 is 4.39 Å². The van der Waals surface area contributed by atoms with Crippen molar-refractivity contribution in [3.05, 3.63) is 36.7 Å². The smallest absolute Gasteiger partial charge is 0.459 e. The second-order valence-corrected chi connectivity index (χ2v) is 12.4. The normalized spacial score (nSPS) is 24.1. The quantitative estimate of drug-likeness (QED) is 0.116. The standard InChI is InChI=1S/C27H39FN7O7P/c1-6-7-13-30-22-20-23(33-26(29)32-22)35(15-31-20)25-27(5,28)21(36)19(41-25)14-39-43(38,42-18-11-9-8-10-12-18)34-17(4)24(37)40-16(2)3/h8-12,15-17,19,21,25,36H,6-7,13-14H2,1-5H3,(H,34,38)(H3,29,30,32,33)/t17-,19+,21+,25+,27+,43+/m0/s1. The maximum atomic E-state index is 16.1. The number of nitrogen functional groups attached to an aromatic ring is 1. The Bertz CT molecular complexity index is 1440. The van der Waals surface area contributed by atoms with Crippen LogP contribution in [0.25, 0.3) is 11.2 Å². The number of rotatable bonds is 14. The molecule has 0 amide bonds. The summed E-state index contributed by atoms with van der Waals surface area (Å²) >= 11 is 0. The number of unbranched alkanes of at least 4 members (excludes halogenated alkanes) is 1. The van der Waals surface area contributed by atoms with Crippen LogP contribution in [-0.2, 0) is 23.4 Å². The maximum Gasteiger partial charge on any atom is 0.459 e. The molecule has 2 aromatic heterocycles. The molecule has 236 valence electrons. The summed E-state index contributed by atoms with van der Waals surface area (Å²) in [7, 11) is -4.29. The molecule has 1 aliphatic heterocycles. The number of alkyl halides is 1. The molecule has 1 saturated heterocycles. The van der Waals surface area contributed by atoms with Crippen molar-refractivity contribution in [2.24, 2.45) is 0 Å². The summed E-state index contributed by atoms with van der Waals surface area (Å²) < 4.78 is 53.6. The summed E-state index contributed by atoms with van der Waals surface area (Å²) in [5, 5.41) is 16.7. The van der Waals surface area contributed by atoms with Gasteiger partial charge in [0, 0.05) is 6.54 Å². The van der Waals surface area contributed by atoms with E-state index in [1.54, 1.807) is 44.2 Å². The maximum absolute atomic E-state index is 16.1. The predicted octanol–water partition coefficient (Wildman–Crippen LogP) is 3.74. The average molecular weight is 624 g/mol. The number of aliphatic hydroxyl groups excluding tert-OH is 1. The SMILES string of the molecule is CCCCNc1nc(N)nc2c1ncn2[C@@H]1O[C@H](CO[P@](=O)(N[C@@H](C)C(=O)OC(C)C)Oc2ccccc2)[C@@H](O)[C@@]1(C)F. The number of anilines is 2. The first-order chi connectivity index (χ1) is 20.3. The number of esters is 1. The van der Waals surface area contributed by atoms with Crippen LogP contribution in [-0.4, -0.2) is 73.8 Å². The van der Waals surface area contributed by atoms with Crippen LogP contribution in [0.15, 0.2) is 36.7 Å². The Morgan fingerprint density at radius 1 is 1.28 bits per heavy atom. The van der Waals surface area contributed by atoms with Crippen LogP contribution in [0.1, 0.15) is 53.7 Å². The first-order valence-electron chi connectivity index (χ1n) is 14.1. The van der Waals surface area contributed by atoms with E-state index in [0.717, 1.165) is 12.8 Å². The van der Waals surface area contributed by atoms with Crippen molar-refractivity contribution in [3.63, 3.8) is 0 Å². The van der Waals surface area contributed by atoms with Gasteiger partial charge in [-0.25, -0.2) is 13.9 Å². The molecule has 1 aliphatic rings. The lowest BCUT2D eigenvalue weighted by molar-refractivity contribution is -0.149. The van der Waals surface area contributed by atoms with Gasteiger partial charge in [-0.1, -0.05) is 31.5 Å². The van der Waals surface area contributed by atoms with Gasteiger partial charge in [-0.2, -0.15) is 15.1 Å². The lowest BCUT2D eigenvalue weighted by Crippen LogP contribution is -2.41. The molecule has 3 aromatic rings. The van der Waals surface area contributed by atoms with E-state index in [9.17, 15) is 14.5 Å². The van der Waals surface area contributed by atoms with Crippen molar-refractivity contribution in [3.8, 4) is 5.75 Å². The van der Waals surface area contributed by atoms with Crippen molar-refractivity contribution >= 4 is 36.6 Å². The van der Waals surface area contributed by atoms with Crippen LogP contribution in [0, 0.1) is 0 Å². The van der Waals surface area contributed by atoms with Crippen molar-refractivity contribution in [2.75, 3.05) is 24.2 Å². The first kappa shape index (κ1) is 32.6. The van der Waals surface area contributed by atoms with Crippen LogP contribution in [0.5, 0.6) is 5.75 Å². The number of carbonyl (C=O) groups is 1. The van der Waals surface area contributed by atoms with Gasteiger partial charge in [0.2, 0.25) is 5.95 Å². The second kappa shape index (κ2) is 13.5. The molecule has 43 heavy (non-hydrogen) atoms. The van der Waals surface area contributed by atoms with Crippen molar-refractivity contribution in [1.82, 2.24) is 24.6 Å². The van der Waals surface area contributed by atoms with Gasteiger partial charge in [-0.3, -0.25) is 13.9 Å². The molecular weight excluding hydrogens is 584 g/mol. The molecule has 16 heteroatoms. The molecule has 1 fully saturated rings. The molecule has 0 unspecified atom stereocenters. The first-order valence-corrected chi connectivity index (χ1v) is 15.6. The zero-order chi connectivity index (χ0) is 31.4. The Hall–Kier alpha value is -3.36. The molecule has 5 N–H and O–H groups in total. The molecule has 1 aromatic carbocycles. The summed E-state index contributed by atoms with van der Waals surface area (Å²) in [5.41, 5.74) is 4.13. The minimum absolute atomic E-state index is 0.0533. The molecule has 6 atom stereocenters. The zero-order valence-electron chi connectivity index (χ0n) is 24.8. The van der Waals surface area contributed by atoms with Gasteiger partial charge < -0.3 is 30.2 Å². The monoisotopic (exact) mass is 623 g/mol. The van der Waals surface area contributed by atoms with E-state index < -0.39 is 56.6 Å². The largest absolute Gasteiger partial charge is 0.462 e. The molecule has 0 bridgehead atoms. The average Bonchev–Trinajstić information content (AvgIpc) is 3.45. The number of imidazole rings is 1. The number of nitrogens with zero attached hydrogens (tertiary/aromatic N) is 4. The van der Waals surface area contributed by atoms with Crippen LogP contribution in [0.4, 0.5) is 16.2 Å². The number of halogens is 1. The number of hydrogen-bond acceptors (Lipinski definition) is 12. The minimum atomic E-state index is -4.29. The van der Waals surface area contributed by atoms with Gasteiger partial charge in [-0.05, 0) is 46.2 Å². The molecule has 0 aliphatic carbocycles. The summed E-state index contributed by atoms with van der Waals surface area (Å²) in [5.74, 6) is -0.151. The number of benzene rings is 1. The Morgan fingerprint density at radius 2 is 2.00 bits per heavy atom. The van der Waals surface area contributed by atoms with Crippen LogP contribution in [0.3, 0.4) is 0 Å². The summed E-state index contributed by atoms with van der Waals surface area (Å²) in [6.45, 7) is 8.08. The Kier molecular flexibility index (Phi) is 10.2. The number of fused-ring (bicyclic) bond motifs is 1. The lowest BCUT2D eigenvalue weighted by atomic mass is 9.98. The number of ether oxygens (including phenoxy) is 2. The predicted molar refractivity (Wildman–Crippen MR) is 157 cm³/mol. The van der Waals surface area contributed by atoms with Crippen molar-refractivity contribution in [1.29, 1.82) is 0 Å². The lowest BCUT2D eigenvalue weighted by Gasteiger charge is -2.25. The Balaban J connectivity index is 1.55. The van der Waals surface area contributed by atoms with Gasteiger partial charge in [0.1, 0.15) is 24.0 Å². The van der Waals surface area contributed by atoms with Crippen LogP contribution < -0.4 is 20.7 Å². The van der Waals surface area contributed by atoms with E-state index in [1.165, 1.54) is 24.7 Å². The molecule has 14 nitrogen and oxygen atoms in total. The number of hydrogen-bond donors (Lipinski definition) is 4. The molecule has 3 heterocycles. The topological polar surface area (TPSA) is 185 Å². The molecular formula is C27H39FN7O7P. The highest BCUT2D eigenvalue weighted by Gasteiger charge is 2.56. The van der Waals surface area contributed by atoms with E-state index in [0.29, 0.717) is 17.9 Å². The van der Waals surface area contributed by atoms with Gasteiger partial charge in [-0.15, -0.1) is 0 Å². The number of nitrogens with one attached hydrogen (secondary N) is 2. The van der Waals surface area contributed by atoms with Gasteiger partial charge >= 0.3 is 13.7 Å². The minimum Gasteiger partial charge on any atom is -0.462 e. The summed E-state index contributed by atoms with van der Waals surface area (Å²) in [6, 6.07) is 7.07. The number of para-hydroxylation sites is 1. The Labute approximate surface area is 249 Å². The van der Waals surface area contributed by atoms with E-state index in [1.807, 2.05) is 0 Å². The summed E-state index contributed by atoms with van der Waals surface area (Å²) in [6.07, 6.45) is -1.65. The van der Waals surface area contributed by atoms with Crippen molar-refractivity contribution < 1.29 is 37.4 Å². The Morgan fingerprint density at radius 3 is 2.67 bits per heavy atom. The highest BCUT2D eigenvalue weighted by molar-refractivity contribution is 7.52. The van der Waals surface area contributed by atoms with Gasteiger partial charge in [0.05, 0.1) is 19.0 Å². The number of aromatic nitrogens is 4. The fourth-order valence-electron chi connectivity index (χ4n) is 4.47. The fourth-order valence-corrected chi connectivity index (χ4v) is 5.97. The highest BCUT2D eigenvalue weighted by atomic mass is 31.2. The highest BCUT2D eigenvalue weighted by Crippen LogP contribution is 2.48. The van der Waals surface area contributed by atoms with E-state index in [2.05, 4.69) is 32.3 Å². The third-order valence-corrected chi connectivity index (χ3v) is 8.31. The van der Waals surface area contributed by atoms with Crippen LogP contribution >= 0.6 is 7.75 Å². The van der Waals surface area contributed by atoms with Gasteiger partial charge in [0.25, 0.3) is 0 Å². The number of carbonyl (C=O) groups excluding carboxylic acids is 1. The van der Waals surface area contributed by atoms with Crippen molar-refractivity contribution in [2.45, 2.75) is 83.7 Å². The third kappa shape index (κ3) is 7.60. The zero-order valence-corrected chi connectivity index (χ0v) is 25.7. The second-order valence-electron chi connectivity index (χ2n) is 10.7. The molecule has 0 saturated carbocycles. The third-order valence-electron chi connectivity index (χ3n) is 6.67. The molecule has 0 radical (unpaired) electrons. The fraction of sp³-hybridized carbons (Fsp3) is 0.556. The molecule has 0 spiro atoms. The number of nitrogens with two attached hydrogens (primary N) is 1. The van der Waals surface area contributed by atoms with Gasteiger partial charge in [0.15, 0.2) is 28.9 Å². The van der Waals surface area contributed by atoms with E-state index in [4.69, 9.17) is 24.3 Å².